The minimum absolute atomic E-state index is 0.255. The molecule has 0 amide bonds. The molecule has 2 nitrogen and oxygen atoms in total. The maximum absolute atomic E-state index is 11.5. The minimum atomic E-state index is -0.510. The first-order chi connectivity index (χ1) is 3.62. The van der Waals surface area contributed by atoms with Crippen LogP contribution in [0.3, 0.4) is 0 Å². The topological polar surface area (TPSA) is 38.0 Å². The highest BCUT2D eigenvalue weighted by molar-refractivity contribution is 4.75. The molecule has 0 aliphatic carbocycles. The molecule has 0 heterocycles. The maximum atomic E-state index is 11.5. The standard InChI is InChI=1S/C5H13FN2/c1-5(2,3-7)8-4-6/h8H,3-4,7H2,1-2H3. The molecule has 0 aliphatic rings. The van der Waals surface area contributed by atoms with Crippen molar-refractivity contribution in [2.75, 3.05) is 13.3 Å². The molecule has 0 aliphatic heterocycles. The average Bonchev–Trinajstić information content (AvgIpc) is 1.67. The van der Waals surface area contributed by atoms with Crippen LogP contribution in [0.4, 0.5) is 4.39 Å². The fraction of sp³-hybridized carbons (Fsp3) is 1.00. The number of nitrogens with one attached hydrogen (secondary N) is 1. The van der Waals surface area contributed by atoms with E-state index in [9.17, 15) is 4.39 Å². The van der Waals surface area contributed by atoms with Gasteiger partial charge in [0.2, 0.25) is 0 Å². The second-order valence-electron chi connectivity index (χ2n) is 2.40. The Morgan fingerprint density at radius 2 is 2.12 bits per heavy atom. The van der Waals surface area contributed by atoms with E-state index in [2.05, 4.69) is 5.32 Å². The van der Waals surface area contributed by atoms with Crippen molar-refractivity contribution in [1.29, 1.82) is 0 Å². The number of nitrogens with two attached hydrogens (primary N) is 1. The Balaban J connectivity index is 3.37. The Kier molecular flexibility index (Phi) is 2.94. The number of alkyl halides is 1. The summed E-state index contributed by atoms with van der Waals surface area (Å²) in [5.41, 5.74) is 5.01. The van der Waals surface area contributed by atoms with Crippen LogP contribution in [0.2, 0.25) is 0 Å². The van der Waals surface area contributed by atoms with Gasteiger partial charge in [-0.05, 0) is 13.8 Å². The Morgan fingerprint density at radius 1 is 1.62 bits per heavy atom. The van der Waals surface area contributed by atoms with Gasteiger partial charge in [-0.3, -0.25) is 5.32 Å². The largest absolute Gasteiger partial charge is 0.329 e. The van der Waals surface area contributed by atoms with E-state index in [-0.39, 0.29) is 5.54 Å². The summed E-state index contributed by atoms with van der Waals surface area (Å²) in [4.78, 5) is 0. The summed E-state index contributed by atoms with van der Waals surface area (Å²) in [5.74, 6) is 0. The Morgan fingerprint density at radius 3 is 2.25 bits per heavy atom. The SMILES string of the molecule is CC(C)(CN)NCF. The van der Waals surface area contributed by atoms with Crippen molar-refractivity contribution >= 4 is 0 Å². The van der Waals surface area contributed by atoms with Crippen molar-refractivity contribution in [2.45, 2.75) is 19.4 Å². The first-order valence-corrected chi connectivity index (χ1v) is 2.63. The van der Waals surface area contributed by atoms with E-state index in [0.717, 1.165) is 0 Å². The van der Waals surface area contributed by atoms with Crippen molar-refractivity contribution < 1.29 is 4.39 Å². The second kappa shape index (κ2) is 2.99. The fourth-order valence-electron chi connectivity index (χ4n) is 0.253. The molecule has 0 bridgehead atoms. The molecule has 3 N–H and O–H groups in total. The van der Waals surface area contributed by atoms with Gasteiger partial charge in [-0.25, -0.2) is 4.39 Å². The lowest BCUT2D eigenvalue weighted by atomic mass is 10.1. The monoisotopic (exact) mass is 120 g/mol. The zero-order chi connectivity index (χ0) is 6.62. The van der Waals surface area contributed by atoms with E-state index in [1.165, 1.54) is 0 Å². The number of halogens is 1. The maximum Gasteiger partial charge on any atom is 0.140 e. The molecule has 0 rings (SSSR count). The summed E-state index contributed by atoms with van der Waals surface area (Å²) in [6.07, 6.45) is 0. The third-order valence-electron chi connectivity index (χ3n) is 1.06. The average molecular weight is 120 g/mol. The van der Waals surface area contributed by atoms with E-state index in [1.54, 1.807) is 0 Å². The normalized spacial score (nSPS) is 12.0. The van der Waals surface area contributed by atoms with Crippen molar-refractivity contribution in [3.05, 3.63) is 0 Å². The smallest absolute Gasteiger partial charge is 0.140 e. The molecule has 50 valence electrons. The lowest BCUT2D eigenvalue weighted by Gasteiger charge is -2.21. The number of hydrogen-bond donors (Lipinski definition) is 2. The van der Waals surface area contributed by atoms with Crippen molar-refractivity contribution in [3.63, 3.8) is 0 Å². The van der Waals surface area contributed by atoms with E-state index < -0.39 is 6.80 Å². The van der Waals surface area contributed by atoms with Gasteiger partial charge in [-0.2, -0.15) is 0 Å². The van der Waals surface area contributed by atoms with Crippen LogP contribution in [0.5, 0.6) is 0 Å². The van der Waals surface area contributed by atoms with Crippen molar-refractivity contribution in [3.8, 4) is 0 Å². The van der Waals surface area contributed by atoms with Crippen LogP contribution in [-0.2, 0) is 0 Å². The third kappa shape index (κ3) is 2.93. The molecule has 0 aromatic rings. The molecule has 0 aromatic heterocycles. The van der Waals surface area contributed by atoms with Gasteiger partial charge in [0.25, 0.3) is 0 Å². The van der Waals surface area contributed by atoms with E-state index >= 15 is 0 Å². The summed E-state index contributed by atoms with van der Waals surface area (Å²) >= 11 is 0. The predicted molar refractivity (Wildman–Crippen MR) is 32.2 cm³/mol. The highest BCUT2D eigenvalue weighted by Crippen LogP contribution is 1.96. The highest BCUT2D eigenvalue weighted by atomic mass is 19.1. The van der Waals surface area contributed by atoms with Gasteiger partial charge in [0.15, 0.2) is 0 Å². The summed E-state index contributed by atoms with van der Waals surface area (Å²) < 4.78 is 11.5. The van der Waals surface area contributed by atoms with Gasteiger partial charge in [-0.1, -0.05) is 0 Å². The van der Waals surface area contributed by atoms with Gasteiger partial charge in [0.1, 0.15) is 6.80 Å². The molecular weight excluding hydrogens is 107 g/mol. The fourth-order valence-corrected chi connectivity index (χ4v) is 0.253. The van der Waals surface area contributed by atoms with Gasteiger partial charge in [0, 0.05) is 12.1 Å². The minimum Gasteiger partial charge on any atom is -0.329 e. The predicted octanol–water partition coefficient (Wildman–Crippen LogP) is 0.240. The first-order valence-electron chi connectivity index (χ1n) is 2.63. The van der Waals surface area contributed by atoms with Crippen LogP contribution < -0.4 is 11.1 Å². The van der Waals surface area contributed by atoms with Crippen LogP contribution in [0.15, 0.2) is 0 Å². The molecule has 0 saturated carbocycles. The second-order valence-corrected chi connectivity index (χ2v) is 2.40. The van der Waals surface area contributed by atoms with Crippen LogP contribution in [-0.4, -0.2) is 18.9 Å². The molecule has 0 saturated heterocycles. The van der Waals surface area contributed by atoms with Crippen LogP contribution in [0.25, 0.3) is 0 Å². The molecule has 0 spiro atoms. The highest BCUT2D eigenvalue weighted by Gasteiger charge is 2.12. The zero-order valence-corrected chi connectivity index (χ0v) is 5.37. The van der Waals surface area contributed by atoms with Crippen LogP contribution >= 0.6 is 0 Å². The van der Waals surface area contributed by atoms with Gasteiger partial charge in [-0.15, -0.1) is 0 Å². The Hall–Kier alpha value is -0.150. The van der Waals surface area contributed by atoms with Gasteiger partial charge >= 0.3 is 0 Å². The van der Waals surface area contributed by atoms with Gasteiger partial charge < -0.3 is 5.73 Å². The van der Waals surface area contributed by atoms with Crippen molar-refractivity contribution in [1.82, 2.24) is 5.32 Å². The molecule has 0 radical (unpaired) electrons. The van der Waals surface area contributed by atoms with E-state index in [0.29, 0.717) is 6.54 Å². The van der Waals surface area contributed by atoms with Crippen LogP contribution in [0.1, 0.15) is 13.8 Å². The zero-order valence-electron chi connectivity index (χ0n) is 5.37. The van der Waals surface area contributed by atoms with Crippen LogP contribution in [0, 0.1) is 0 Å². The summed E-state index contributed by atoms with van der Waals surface area (Å²) in [6.45, 7) is 3.65. The lowest BCUT2D eigenvalue weighted by molar-refractivity contribution is 0.314. The quantitative estimate of drug-likeness (QED) is 0.523. The summed E-state index contributed by atoms with van der Waals surface area (Å²) in [5, 5.41) is 2.58. The number of rotatable bonds is 3. The lowest BCUT2D eigenvalue weighted by Crippen LogP contribution is -2.45. The summed E-state index contributed by atoms with van der Waals surface area (Å²) in [6, 6.07) is 0. The molecule has 3 heteroatoms. The molecule has 0 aromatic carbocycles. The third-order valence-corrected chi connectivity index (χ3v) is 1.06. The Bertz CT molecular complexity index is 63.4. The number of hydrogen-bond acceptors (Lipinski definition) is 2. The van der Waals surface area contributed by atoms with E-state index in [1.807, 2.05) is 13.8 Å². The molecular formula is C5H13FN2. The first kappa shape index (κ1) is 7.85. The van der Waals surface area contributed by atoms with Gasteiger partial charge in [0.05, 0.1) is 0 Å². The van der Waals surface area contributed by atoms with Crippen molar-refractivity contribution in [2.24, 2.45) is 5.73 Å². The van der Waals surface area contributed by atoms with E-state index in [4.69, 9.17) is 5.73 Å². The molecule has 0 atom stereocenters. The Labute approximate surface area is 49.3 Å². The molecule has 8 heavy (non-hydrogen) atoms. The summed E-state index contributed by atoms with van der Waals surface area (Å²) in [7, 11) is 0. The molecule has 0 fully saturated rings. The molecule has 0 unspecified atom stereocenters.